The van der Waals surface area contributed by atoms with E-state index in [-0.39, 0.29) is 4.90 Å². The first-order valence-electron chi connectivity index (χ1n) is 10.3. The summed E-state index contributed by atoms with van der Waals surface area (Å²) in [7, 11) is -3.55. The molecule has 0 aromatic carbocycles. The van der Waals surface area contributed by atoms with Crippen LogP contribution in [0.5, 0.6) is 0 Å². The molecule has 0 aliphatic carbocycles. The normalized spacial score (nSPS) is 18.1. The first-order valence-corrected chi connectivity index (χ1v) is 11.8. The standard InChI is InChI=1S/C21H26N6O3S/c1-16-13-17(2)24-21(19(16)14-22)26-7-5-25(6-8-26)20-4-3-18(15-23-20)31(28,29)27-9-11-30-12-10-27/h3-4,13,15H,5-12H2,1-2H3. The summed E-state index contributed by atoms with van der Waals surface area (Å²) in [5.41, 5.74) is 2.45. The Kier molecular flexibility index (Phi) is 6.09. The third-order valence-electron chi connectivity index (χ3n) is 5.67. The van der Waals surface area contributed by atoms with Crippen molar-refractivity contribution >= 4 is 21.7 Å². The van der Waals surface area contributed by atoms with Crippen LogP contribution in [0.3, 0.4) is 0 Å². The van der Waals surface area contributed by atoms with Crippen molar-refractivity contribution in [2.75, 3.05) is 62.3 Å². The molecule has 2 aromatic heterocycles. The van der Waals surface area contributed by atoms with Gasteiger partial charge < -0.3 is 14.5 Å². The lowest BCUT2D eigenvalue weighted by atomic mass is 10.1. The van der Waals surface area contributed by atoms with Gasteiger partial charge in [0.05, 0.1) is 18.8 Å². The van der Waals surface area contributed by atoms with Crippen molar-refractivity contribution in [3.05, 3.63) is 41.2 Å². The fourth-order valence-electron chi connectivity index (χ4n) is 3.98. The minimum atomic E-state index is -3.55. The molecule has 4 rings (SSSR count). The van der Waals surface area contributed by atoms with Crippen LogP contribution in [0.1, 0.15) is 16.8 Å². The second-order valence-electron chi connectivity index (χ2n) is 7.73. The van der Waals surface area contributed by atoms with E-state index in [1.54, 1.807) is 12.1 Å². The van der Waals surface area contributed by atoms with E-state index in [0.717, 1.165) is 22.9 Å². The molecule has 0 amide bonds. The number of piperazine rings is 1. The Morgan fingerprint density at radius 3 is 2.32 bits per heavy atom. The molecule has 2 aliphatic heterocycles. The van der Waals surface area contributed by atoms with Crippen molar-refractivity contribution in [1.82, 2.24) is 14.3 Å². The number of nitriles is 1. The predicted molar refractivity (Wildman–Crippen MR) is 117 cm³/mol. The Labute approximate surface area is 182 Å². The Morgan fingerprint density at radius 2 is 1.71 bits per heavy atom. The highest BCUT2D eigenvalue weighted by atomic mass is 32.2. The number of aryl methyl sites for hydroxylation is 2. The van der Waals surface area contributed by atoms with E-state index in [9.17, 15) is 13.7 Å². The van der Waals surface area contributed by atoms with Gasteiger partial charge in [-0.05, 0) is 37.6 Å². The number of morpholine rings is 1. The number of anilines is 2. The molecular formula is C21H26N6O3S. The van der Waals surface area contributed by atoms with Gasteiger partial charge in [0.25, 0.3) is 0 Å². The topological polar surface area (TPSA) is 103 Å². The van der Waals surface area contributed by atoms with Gasteiger partial charge >= 0.3 is 0 Å². The van der Waals surface area contributed by atoms with Crippen molar-refractivity contribution in [3.63, 3.8) is 0 Å². The Bertz CT molecular complexity index is 1080. The molecule has 2 aromatic rings. The van der Waals surface area contributed by atoms with Gasteiger partial charge in [0, 0.05) is 51.2 Å². The molecule has 0 N–H and O–H groups in total. The summed E-state index contributed by atoms with van der Waals surface area (Å²) in [5, 5.41) is 9.54. The smallest absolute Gasteiger partial charge is 0.244 e. The van der Waals surface area contributed by atoms with Crippen molar-refractivity contribution in [2.45, 2.75) is 18.7 Å². The first kappa shape index (κ1) is 21.5. The summed E-state index contributed by atoms with van der Waals surface area (Å²) in [5.74, 6) is 1.48. The third kappa shape index (κ3) is 4.35. The van der Waals surface area contributed by atoms with Gasteiger partial charge in [-0.2, -0.15) is 9.57 Å². The predicted octanol–water partition coefficient (Wildman–Crippen LogP) is 1.31. The van der Waals surface area contributed by atoms with Crippen LogP contribution in [0, 0.1) is 25.2 Å². The second-order valence-corrected chi connectivity index (χ2v) is 9.67. The summed E-state index contributed by atoms with van der Waals surface area (Å²) < 4.78 is 32.2. The van der Waals surface area contributed by atoms with Crippen molar-refractivity contribution in [2.24, 2.45) is 0 Å². The van der Waals surface area contributed by atoms with Gasteiger partial charge in [-0.3, -0.25) is 0 Å². The van der Waals surface area contributed by atoms with Crippen molar-refractivity contribution in [1.29, 1.82) is 5.26 Å². The molecule has 0 radical (unpaired) electrons. The molecule has 0 saturated carbocycles. The second kappa shape index (κ2) is 8.78. The lowest BCUT2D eigenvalue weighted by molar-refractivity contribution is 0.0730. The average Bonchev–Trinajstić information content (AvgIpc) is 2.79. The van der Waals surface area contributed by atoms with Crippen LogP contribution < -0.4 is 9.80 Å². The van der Waals surface area contributed by atoms with Gasteiger partial charge in [0.2, 0.25) is 10.0 Å². The molecule has 164 valence electrons. The zero-order valence-corrected chi connectivity index (χ0v) is 18.6. The number of aromatic nitrogens is 2. The molecule has 0 bridgehead atoms. The zero-order chi connectivity index (χ0) is 22.0. The fourth-order valence-corrected chi connectivity index (χ4v) is 5.33. The van der Waals surface area contributed by atoms with E-state index in [2.05, 4.69) is 25.8 Å². The summed E-state index contributed by atoms with van der Waals surface area (Å²) in [4.78, 5) is 13.5. The SMILES string of the molecule is Cc1cc(C)c(C#N)c(N2CCN(c3ccc(S(=O)(=O)N4CCOCC4)cn3)CC2)n1. The van der Waals surface area contributed by atoms with Crippen molar-refractivity contribution in [3.8, 4) is 6.07 Å². The maximum Gasteiger partial charge on any atom is 0.244 e. The van der Waals surface area contributed by atoms with Crippen LogP contribution in [0.25, 0.3) is 0 Å². The fraction of sp³-hybridized carbons (Fsp3) is 0.476. The Morgan fingerprint density at radius 1 is 1.03 bits per heavy atom. The van der Waals surface area contributed by atoms with Gasteiger partial charge in [0.1, 0.15) is 22.6 Å². The molecule has 10 heteroatoms. The van der Waals surface area contributed by atoms with Crippen LogP contribution in [0.4, 0.5) is 11.6 Å². The van der Waals surface area contributed by atoms with E-state index in [4.69, 9.17) is 4.74 Å². The maximum absolute atomic E-state index is 12.8. The molecule has 0 atom stereocenters. The number of sulfonamides is 1. The summed E-state index contributed by atoms with van der Waals surface area (Å²) >= 11 is 0. The van der Waals surface area contributed by atoms with E-state index < -0.39 is 10.0 Å². The van der Waals surface area contributed by atoms with E-state index in [1.165, 1.54) is 10.5 Å². The number of hydrogen-bond donors (Lipinski definition) is 0. The minimum absolute atomic E-state index is 0.204. The van der Waals surface area contributed by atoms with Crippen LogP contribution >= 0.6 is 0 Å². The van der Waals surface area contributed by atoms with Gasteiger partial charge in [-0.15, -0.1) is 0 Å². The molecule has 0 spiro atoms. The van der Waals surface area contributed by atoms with Crippen LogP contribution in [0.2, 0.25) is 0 Å². The van der Waals surface area contributed by atoms with Crippen LogP contribution in [0.15, 0.2) is 29.3 Å². The minimum Gasteiger partial charge on any atom is -0.379 e. The number of rotatable bonds is 4. The molecule has 4 heterocycles. The number of ether oxygens (including phenoxy) is 1. The summed E-state index contributed by atoms with van der Waals surface area (Å²) in [6.45, 7) is 8.26. The molecular weight excluding hydrogens is 416 g/mol. The highest BCUT2D eigenvalue weighted by Gasteiger charge is 2.27. The average molecular weight is 443 g/mol. The van der Waals surface area contributed by atoms with Crippen LogP contribution in [-0.2, 0) is 14.8 Å². The molecule has 0 unspecified atom stereocenters. The van der Waals surface area contributed by atoms with E-state index in [0.29, 0.717) is 58.0 Å². The lowest BCUT2D eigenvalue weighted by Gasteiger charge is -2.36. The third-order valence-corrected chi connectivity index (χ3v) is 7.55. The summed E-state index contributed by atoms with van der Waals surface area (Å²) in [6, 6.07) is 7.59. The maximum atomic E-state index is 12.8. The quantitative estimate of drug-likeness (QED) is 0.698. The monoisotopic (exact) mass is 442 g/mol. The largest absolute Gasteiger partial charge is 0.379 e. The molecule has 2 aliphatic rings. The van der Waals surface area contributed by atoms with Gasteiger partial charge in [-0.25, -0.2) is 18.4 Å². The molecule has 9 nitrogen and oxygen atoms in total. The number of pyridine rings is 2. The highest BCUT2D eigenvalue weighted by Crippen LogP contribution is 2.25. The van der Waals surface area contributed by atoms with Gasteiger partial charge in [0.15, 0.2) is 0 Å². The number of nitrogens with zero attached hydrogens (tertiary/aromatic N) is 6. The Hall–Kier alpha value is -2.74. The lowest BCUT2D eigenvalue weighted by Crippen LogP contribution is -2.47. The Balaban J connectivity index is 1.45. The van der Waals surface area contributed by atoms with Crippen molar-refractivity contribution < 1.29 is 13.2 Å². The molecule has 31 heavy (non-hydrogen) atoms. The highest BCUT2D eigenvalue weighted by molar-refractivity contribution is 7.89. The molecule has 2 saturated heterocycles. The van der Waals surface area contributed by atoms with E-state index >= 15 is 0 Å². The molecule has 2 fully saturated rings. The van der Waals surface area contributed by atoms with E-state index in [1.807, 2.05) is 19.9 Å². The number of hydrogen-bond acceptors (Lipinski definition) is 8. The summed E-state index contributed by atoms with van der Waals surface area (Å²) in [6.07, 6.45) is 1.44. The first-order chi connectivity index (χ1) is 14.9. The zero-order valence-electron chi connectivity index (χ0n) is 17.8. The van der Waals surface area contributed by atoms with Crippen LogP contribution in [-0.4, -0.2) is 75.2 Å². The van der Waals surface area contributed by atoms with Gasteiger partial charge in [-0.1, -0.05) is 0 Å².